The average molecular weight is 369 g/mol. The van der Waals surface area contributed by atoms with Gasteiger partial charge in [-0.25, -0.2) is 5.43 Å². The largest absolute Gasteiger partial charge is 0.331 e. The first-order chi connectivity index (χ1) is 13.6. The molecule has 5 heteroatoms. The van der Waals surface area contributed by atoms with E-state index in [0.29, 0.717) is 10.8 Å². The summed E-state index contributed by atoms with van der Waals surface area (Å²) in [7, 11) is 0. The molecular weight excluding hydrogens is 350 g/mol. The molecule has 0 fully saturated rings. The molecule has 4 aromatic rings. The van der Waals surface area contributed by atoms with E-state index in [0.717, 1.165) is 22.2 Å². The molecule has 0 bridgehead atoms. The van der Waals surface area contributed by atoms with Gasteiger partial charge in [0.15, 0.2) is 5.43 Å². The topological polar surface area (TPSA) is 63.5 Å². The molecule has 4 rings (SSSR count). The highest BCUT2D eigenvalue weighted by Gasteiger charge is 2.12. The van der Waals surface area contributed by atoms with Crippen molar-refractivity contribution in [1.29, 1.82) is 0 Å². The summed E-state index contributed by atoms with van der Waals surface area (Å²) in [6, 6.07) is 22.5. The van der Waals surface area contributed by atoms with Crippen LogP contribution in [-0.4, -0.2) is 16.7 Å². The summed E-state index contributed by atoms with van der Waals surface area (Å²) in [6.45, 7) is 2.05. The molecule has 5 nitrogen and oxygen atoms in total. The number of aromatic nitrogens is 1. The molecule has 28 heavy (non-hydrogen) atoms. The molecule has 1 heterocycles. The SMILES string of the molecule is Cc1ccccc1/C=N\NC(=O)Cn1c2ccccc2c(=O)c2ccccc21. The normalized spacial score (nSPS) is 11.3. The standard InChI is InChI=1S/C23H19N3O2/c1-16-8-2-3-9-17(16)14-24-25-22(27)15-26-20-12-6-4-10-18(20)23(28)19-11-5-7-13-21(19)26/h2-14H,15H2,1H3,(H,25,27)/b24-14-. The zero-order chi connectivity index (χ0) is 19.5. The minimum absolute atomic E-state index is 0.0274. The van der Waals surface area contributed by atoms with Crippen molar-refractivity contribution in [2.24, 2.45) is 5.10 Å². The van der Waals surface area contributed by atoms with Crippen LogP contribution in [0.1, 0.15) is 11.1 Å². The third-order valence-corrected chi connectivity index (χ3v) is 4.76. The van der Waals surface area contributed by atoms with Crippen molar-refractivity contribution in [3.05, 3.63) is 94.1 Å². The third-order valence-electron chi connectivity index (χ3n) is 4.76. The molecule has 1 N–H and O–H groups in total. The van der Waals surface area contributed by atoms with Crippen LogP contribution in [0.3, 0.4) is 0 Å². The first-order valence-electron chi connectivity index (χ1n) is 9.03. The van der Waals surface area contributed by atoms with E-state index >= 15 is 0 Å². The number of hydrogen-bond acceptors (Lipinski definition) is 3. The summed E-state index contributed by atoms with van der Waals surface area (Å²) in [6.07, 6.45) is 1.63. The average Bonchev–Trinajstić information content (AvgIpc) is 2.72. The Morgan fingerprint density at radius 3 is 2.14 bits per heavy atom. The summed E-state index contributed by atoms with van der Waals surface area (Å²) < 4.78 is 1.85. The molecule has 0 unspecified atom stereocenters. The molecule has 0 atom stereocenters. The van der Waals surface area contributed by atoms with E-state index in [2.05, 4.69) is 10.5 Å². The number of hydrazone groups is 1. The van der Waals surface area contributed by atoms with Gasteiger partial charge in [0.25, 0.3) is 5.91 Å². The summed E-state index contributed by atoms with van der Waals surface area (Å²) in [5.41, 5.74) is 6.04. The Balaban J connectivity index is 1.67. The molecule has 0 spiro atoms. The zero-order valence-electron chi connectivity index (χ0n) is 15.4. The molecular formula is C23H19N3O2. The highest BCUT2D eigenvalue weighted by Crippen LogP contribution is 2.18. The molecule has 3 aromatic carbocycles. The number of benzene rings is 3. The van der Waals surface area contributed by atoms with Crippen LogP contribution in [0, 0.1) is 6.92 Å². The number of rotatable bonds is 4. The van der Waals surface area contributed by atoms with Crippen LogP contribution in [0.25, 0.3) is 21.8 Å². The van der Waals surface area contributed by atoms with Gasteiger partial charge in [-0.1, -0.05) is 48.5 Å². The second-order valence-electron chi connectivity index (χ2n) is 6.60. The molecule has 138 valence electrons. The Morgan fingerprint density at radius 2 is 1.50 bits per heavy atom. The number of nitrogens with zero attached hydrogens (tertiary/aromatic N) is 2. The van der Waals surface area contributed by atoms with E-state index in [1.54, 1.807) is 18.3 Å². The number of pyridine rings is 1. The van der Waals surface area contributed by atoms with Gasteiger partial charge >= 0.3 is 0 Å². The number of fused-ring (bicyclic) bond motifs is 2. The summed E-state index contributed by atoms with van der Waals surface area (Å²) in [5, 5.41) is 5.27. The first kappa shape index (κ1) is 17.7. The number of carbonyl (C=O) groups excluding carboxylic acids is 1. The van der Waals surface area contributed by atoms with Gasteiger partial charge in [0.05, 0.1) is 17.2 Å². The fourth-order valence-electron chi connectivity index (χ4n) is 3.33. The third kappa shape index (κ3) is 3.30. The van der Waals surface area contributed by atoms with Gasteiger partial charge in [0.2, 0.25) is 0 Å². The van der Waals surface area contributed by atoms with E-state index in [4.69, 9.17) is 0 Å². The molecule has 0 radical (unpaired) electrons. The van der Waals surface area contributed by atoms with Gasteiger partial charge < -0.3 is 4.57 Å². The molecule has 0 aliphatic carbocycles. The lowest BCUT2D eigenvalue weighted by Crippen LogP contribution is -2.25. The molecule has 0 aliphatic heterocycles. The number of amides is 1. The van der Waals surface area contributed by atoms with Crippen molar-refractivity contribution in [3.8, 4) is 0 Å². The molecule has 1 amide bonds. The summed E-state index contributed by atoms with van der Waals surface area (Å²) >= 11 is 0. The van der Waals surface area contributed by atoms with Crippen molar-refractivity contribution in [2.75, 3.05) is 0 Å². The quantitative estimate of drug-likeness (QED) is 0.339. The van der Waals surface area contributed by atoms with Crippen LogP contribution < -0.4 is 10.9 Å². The van der Waals surface area contributed by atoms with Gasteiger partial charge in [-0.05, 0) is 42.3 Å². The Kier molecular flexibility index (Phi) is 4.72. The lowest BCUT2D eigenvalue weighted by atomic mass is 10.1. The fraction of sp³-hybridized carbons (Fsp3) is 0.0870. The minimum Gasteiger partial charge on any atom is -0.331 e. The smallest absolute Gasteiger partial charge is 0.260 e. The second-order valence-corrected chi connectivity index (χ2v) is 6.60. The highest BCUT2D eigenvalue weighted by atomic mass is 16.2. The first-order valence-corrected chi connectivity index (χ1v) is 9.03. The number of aryl methyl sites for hydroxylation is 1. The fourth-order valence-corrected chi connectivity index (χ4v) is 3.33. The Morgan fingerprint density at radius 1 is 0.929 bits per heavy atom. The predicted molar refractivity (Wildman–Crippen MR) is 113 cm³/mol. The Labute approximate surface area is 161 Å². The lowest BCUT2D eigenvalue weighted by molar-refractivity contribution is -0.121. The van der Waals surface area contributed by atoms with E-state index in [-0.39, 0.29) is 17.9 Å². The lowest BCUT2D eigenvalue weighted by Gasteiger charge is -2.14. The minimum atomic E-state index is -0.260. The molecule has 0 saturated heterocycles. The Bertz CT molecular complexity index is 1210. The number of hydrogen-bond donors (Lipinski definition) is 1. The molecule has 1 aromatic heterocycles. The van der Waals surface area contributed by atoms with Crippen LogP contribution in [0.2, 0.25) is 0 Å². The van der Waals surface area contributed by atoms with Crippen molar-refractivity contribution in [3.63, 3.8) is 0 Å². The van der Waals surface area contributed by atoms with Crippen LogP contribution in [0.15, 0.2) is 82.7 Å². The van der Waals surface area contributed by atoms with Gasteiger partial charge in [-0.3, -0.25) is 9.59 Å². The van der Waals surface area contributed by atoms with Crippen molar-refractivity contribution < 1.29 is 4.79 Å². The maximum Gasteiger partial charge on any atom is 0.260 e. The summed E-state index contributed by atoms with van der Waals surface area (Å²) in [4.78, 5) is 25.3. The van der Waals surface area contributed by atoms with E-state index < -0.39 is 0 Å². The van der Waals surface area contributed by atoms with Crippen LogP contribution in [0.5, 0.6) is 0 Å². The maximum absolute atomic E-state index is 12.7. The summed E-state index contributed by atoms with van der Waals surface area (Å²) in [5.74, 6) is -0.260. The van der Waals surface area contributed by atoms with Gasteiger partial charge in [-0.15, -0.1) is 0 Å². The van der Waals surface area contributed by atoms with Crippen molar-refractivity contribution in [2.45, 2.75) is 13.5 Å². The van der Waals surface area contributed by atoms with E-state index in [1.165, 1.54) is 0 Å². The number of nitrogens with one attached hydrogen (secondary N) is 1. The van der Waals surface area contributed by atoms with Gasteiger partial charge in [-0.2, -0.15) is 5.10 Å². The predicted octanol–water partition coefficient (Wildman–Crippen LogP) is 3.61. The van der Waals surface area contributed by atoms with Crippen LogP contribution in [-0.2, 0) is 11.3 Å². The van der Waals surface area contributed by atoms with Gasteiger partial charge in [0.1, 0.15) is 6.54 Å². The highest BCUT2D eigenvalue weighted by molar-refractivity contribution is 5.95. The maximum atomic E-state index is 12.7. The molecule has 0 aliphatic rings. The van der Waals surface area contributed by atoms with E-state index in [1.807, 2.05) is 72.2 Å². The van der Waals surface area contributed by atoms with Crippen molar-refractivity contribution >= 4 is 33.9 Å². The van der Waals surface area contributed by atoms with Crippen molar-refractivity contribution in [1.82, 2.24) is 9.99 Å². The monoisotopic (exact) mass is 369 g/mol. The second kappa shape index (κ2) is 7.48. The van der Waals surface area contributed by atoms with Gasteiger partial charge in [0, 0.05) is 10.8 Å². The van der Waals surface area contributed by atoms with E-state index in [9.17, 15) is 9.59 Å². The Hall–Kier alpha value is -3.73. The van der Waals surface area contributed by atoms with Crippen LogP contribution in [0.4, 0.5) is 0 Å². The number of carbonyl (C=O) groups is 1. The van der Waals surface area contributed by atoms with Crippen LogP contribution >= 0.6 is 0 Å². The zero-order valence-corrected chi connectivity index (χ0v) is 15.4. The molecule has 0 saturated carbocycles. The number of para-hydroxylation sites is 2.